The van der Waals surface area contributed by atoms with Gasteiger partial charge in [-0.1, -0.05) is 36.4 Å². The first-order valence-electron chi connectivity index (χ1n) is 5.51. The molecule has 0 fully saturated rings. The van der Waals surface area contributed by atoms with Gasteiger partial charge in [0.1, 0.15) is 5.82 Å². The van der Waals surface area contributed by atoms with Crippen LogP contribution in [0.1, 0.15) is 0 Å². The van der Waals surface area contributed by atoms with Crippen molar-refractivity contribution in [3.8, 4) is 11.4 Å². The first-order valence-corrected chi connectivity index (χ1v) is 6.59. The SMILES string of the molecule is Nc1nc(-c2ccc3ccccc3c2)ncc1I. The summed E-state index contributed by atoms with van der Waals surface area (Å²) in [5, 5.41) is 2.38. The summed E-state index contributed by atoms with van der Waals surface area (Å²) in [6.07, 6.45) is 1.74. The molecular formula is C14H10IN3. The molecule has 1 aromatic heterocycles. The molecule has 2 aromatic carbocycles. The second-order valence-electron chi connectivity index (χ2n) is 3.99. The van der Waals surface area contributed by atoms with Crippen LogP contribution in [0.5, 0.6) is 0 Å². The zero-order valence-corrected chi connectivity index (χ0v) is 11.6. The van der Waals surface area contributed by atoms with E-state index in [0.29, 0.717) is 11.6 Å². The molecule has 0 radical (unpaired) electrons. The smallest absolute Gasteiger partial charge is 0.161 e. The number of hydrogen-bond donors (Lipinski definition) is 1. The number of rotatable bonds is 1. The highest BCUT2D eigenvalue weighted by Gasteiger charge is 2.05. The molecule has 0 spiro atoms. The first kappa shape index (κ1) is 11.4. The molecule has 18 heavy (non-hydrogen) atoms. The third kappa shape index (κ3) is 2.03. The molecule has 0 aliphatic heterocycles. The van der Waals surface area contributed by atoms with Gasteiger partial charge in [-0.15, -0.1) is 0 Å². The minimum Gasteiger partial charge on any atom is -0.383 e. The van der Waals surface area contributed by atoms with Crippen LogP contribution in [0.2, 0.25) is 0 Å². The second kappa shape index (κ2) is 4.53. The van der Waals surface area contributed by atoms with E-state index in [1.54, 1.807) is 6.20 Å². The molecule has 0 unspecified atom stereocenters. The van der Waals surface area contributed by atoms with Gasteiger partial charge < -0.3 is 5.73 Å². The molecule has 1 heterocycles. The molecule has 0 aliphatic carbocycles. The predicted molar refractivity (Wildman–Crippen MR) is 82.1 cm³/mol. The summed E-state index contributed by atoms with van der Waals surface area (Å²) in [5.74, 6) is 1.19. The summed E-state index contributed by atoms with van der Waals surface area (Å²) in [6, 6.07) is 14.4. The molecule has 0 saturated heterocycles. The highest BCUT2D eigenvalue weighted by Crippen LogP contribution is 2.23. The monoisotopic (exact) mass is 347 g/mol. The van der Waals surface area contributed by atoms with Gasteiger partial charge in [-0.2, -0.15) is 0 Å². The van der Waals surface area contributed by atoms with Crippen LogP contribution in [-0.4, -0.2) is 9.97 Å². The van der Waals surface area contributed by atoms with Crippen molar-refractivity contribution in [3.05, 3.63) is 52.2 Å². The summed E-state index contributed by atoms with van der Waals surface area (Å²) in [6.45, 7) is 0. The Labute approximate surface area is 118 Å². The lowest BCUT2D eigenvalue weighted by Crippen LogP contribution is -1.98. The third-order valence-corrected chi connectivity index (χ3v) is 3.61. The van der Waals surface area contributed by atoms with Crippen LogP contribution >= 0.6 is 22.6 Å². The van der Waals surface area contributed by atoms with Crippen LogP contribution in [0.15, 0.2) is 48.7 Å². The fraction of sp³-hybridized carbons (Fsp3) is 0. The van der Waals surface area contributed by atoms with E-state index in [9.17, 15) is 0 Å². The fourth-order valence-corrected chi connectivity index (χ4v) is 2.11. The van der Waals surface area contributed by atoms with Gasteiger partial charge in [0.2, 0.25) is 0 Å². The minimum absolute atomic E-state index is 0.522. The fourth-order valence-electron chi connectivity index (χ4n) is 1.85. The maximum absolute atomic E-state index is 5.81. The van der Waals surface area contributed by atoms with Gasteiger partial charge in [-0.25, -0.2) is 9.97 Å². The largest absolute Gasteiger partial charge is 0.383 e. The number of nitrogen functional groups attached to an aromatic ring is 1. The molecule has 0 atom stereocenters. The summed E-state index contributed by atoms with van der Waals surface area (Å²) >= 11 is 2.12. The Balaban J connectivity index is 2.16. The summed E-state index contributed by atoms with van der Waals surface area (Å²) < 4.78 is 0.872. The van der Waals surface area contributed by atoms with Gasteiger partial charge >= 0.3 is 0 Å². The molecule has 2 N–H and O–H groups in total. The normalized spacial score (nSPS) is 10.7. The van der Waals surface area contributed by atoms with Crippen LogP contribution in [0, 0.1) is 3.57 Å². The molecule has 3 rings (SSSR count). The molecule has 4 heteroatoms. The van der Waals surface area contributed by atoms with E-state index in [2.05, 4.69) is 56.8 Å². The van der Waals surface area contributed by atoms with Crippen LogP contribution in [0.25, 0.3) is 22.2 Å². The summed E-state index contributed by atoms with van der Waals surface area (Å²) in [5.41, 5.74) is 6.80. The number of fused-ring (bicyclic) bond motifs is 1. The van der Waals surface area contributed by atoms with Gasteiger partial charge in [-0.05, 0) is 39.4 Å². The van der Waals surface area contributed by atoms with E-state index in [-0.39, 0.29) is 0 Å². The molecule has 0 saturated carbocycles. The lowest BCUT2D eigenvalue weighted by atomic mass is 10.1. The van der Waals surface area contributed by atoms with Crippen molar-refractivity contribution in [2.45, 2.75) is 0 Å². The van der Waals surface area contributed by atoms with Crippen molar-refractivity contribution in [2.24, 2.45) is 0 Å². The van der Waals surface area contributed by atoms with Crippen molar-refractivity contribution >= 4 is 39.2 Å². The van der Waals surface area contributed by atoms with E-state index in [4.69, 9.17) is 5.73 Å². The topological polar surface area (TPSA) is 51.8 Å². The van der Waals surface area contributed by atoms with Crippen LogP contribution in [-0.2, 0) is 0 Å². The molecule has 0 amide bonds. The van der Waals surface area contributed by atoms with Crippen LogP contribution in [0.3, 0.4) is 0 Å². The Bertz CT molecular complexity index is 725. The number of halogens is 1. The zero-order chi connectivity index (χ0) is 12.5. The zero-order valence-electron chi connectivity index (χ0n) is 9.47. The third-order valence-electron chi connectivity index (χ3n) is 2.78. The Hall–Kier alpha value is -1.69. The Morgan fingerprint density at radius 3 is 2.56 bits per heavy atom. The summed E-state index contributed by atoms with van der Waals surface area (Å²) in [4.78, 5) is 8.63. The molecule has 88 valence electrons. The second-order valence-corrected chi connectivity index (χ2v) is 5.15. The highest BCUT2D eigenvalue weighted by molar-refractivity contribution is 14.1. The van der Waals surface area contributed by atoms with Gasteiger partial charge in [0.25, 0.3) is 0 Å². The van der Waals surface area contributed by atoms with E-state index in [1.165, 1.54) is 10.8 Å². The molecule has 3 aromatic rings. The average Bonchev–Trinajstić information content (AvgIpc) is 2.41. The minimum atomic E-state index is 0.522. The van der Waals surface area contributed by atoms with Crippen LogP contribution in [0.4, 0.5) is 5.82 Å². The number of benzene rings is 2. The van der Waals surface area contributed by atoms with Crippen molar-refractivity contribution in [1.29, 1.82) is 0 Å². The molecule has 0 aliphatic rings. The van der Waals surface area contributed by atoms with E-state index in [0.717, 1.165) is 9.13 Å². The Morgan fingerprint density at radius 1 is 1.00 bits per heavy atom. The van der Waals surface area contributed by atoms with Crippen molar-refractivity contribution in [1.82, 2.24) is 9.97 Å². The van der Waals surface area contributed by atoms with Crippen molar-refractivity contribution in [3.63, 3.8) is 0 Å². The molecular weight excluding hydrogens is 337 g/mol. The maximum atomic E-state index is 5.81. The quantitative estimate of drug-likeness (QED) is 0.686. The van der Waals surface area contributed by atoms with E-state index < -0.39 is 0 Å². The number of nitrogens with zero attached hydrogens (tertiary/aromatic N) is 2. The number of aromatic nitrogens is 2. The van der Waals surface area contributed by atoms with Gasteiger partial charge in [0.15, 0.2) is 5.82 Å². The Kier molecular flexibility index (Phi) is 2.87. The highest BCUT2D eigenvalue weighted by atomic mass is 127. The number of anilines is 1. The first-order chi connectivity index (χ1) is 8.74. The molecule has 3 nitrogen and oxygen atoms in total. The Morgan fingerprint density at radius 2 is 1.78 bits per heavy atom. The van der Waals surface area contributed by atoms with Gasteiger partial charge in [-0.3, -0.25) is 0 Å². The predicted octanol–water partition coefficient (Wildman–Crippen LogP) is 3.48. The average molecular weight is 347 g/mol. The lowest BCUT2D eigenvalue weighted by Gasteiger charge is -2.04. The summed E-state index contributed by atoms with van der Waals surface area (Å²) in [7, 11) is 0. The lowest BCUT2D eigenvalue weighted by molar-refractivity contribution is 1.17. The van der Waals surface area contributed by atoms with Crippen molar-refractivity contribution in [2.75, 3.05) is 5.73 Å². The molecule has 0 bridgehead atoms. The van der Waals surface area contributed by atoms with E-state index >= 15 is 0 Å². The van der Waals surface area contributed by atoms with Gasteiger partial charge in [0, 0.05) is 11.8 Å². The maximum Gasteiger partial charge on any atom is 0.161 e. The number of hydrogen-bond acceptors (Lipinski definition) is 3. The standard InChI is InChI=1S/C14H10IN3/c15-12-8-17-14(18-13(12)16)11-6-5-9-3-1-2-4-10(9)7-11/h1-8H,(H2,16,17,18). The van der Waals surface area contributed by atoms with E-state index in [1.807, 2.05) is 18.2 Å². The van der Waals surface area contributed by atoms with Crippen LogP contribution < -0.4 is 5.73 Å². The van der Waals surface area contributed by atoms with Crippen molar-refractivity contribution < 1.29 is 0 Å². The van der Waals surface area contributed by atoms with Gasteiger partial charge in [0.05, 0.1) is 3.57 Å². The number of nitrogens with two attached hydrogens (primary N) is 1.